The van der Waals surface area contributed by atoms with Crippen LogP contribution < -0.4 is 10.2 Å². The van der Waals surface area contributed by atoms with Gasteiger partial charge in [-0.15, -0.1) is 0 Å². The average Bonchev–Trinajstić information content (AvgIpc) is 3.04. The zero-order chi connectivity index (χ0) is 17.8. The molecule has 3 aromatic rings. The van der Waals surface area contributed by atoms with Crippen molar-refractivity contribution in [3.63, 3.8) is 0 Å². The monoisotopic (exact) mass is 337 g/mol. The van der Waals surface area contributed by atoms with Crippen LogP contribution in [0.25, 0.3) is 10.9 Å². The van der Waals surface area contributed by atoms with Crippen molar-refractivity contribution in [3.8, 4) is 5.75 Å². The van der Waals surface area contributed by atoms with Crippen LogP contribution in [0.1, 0.15) is 5.56 Å². The highest BCUT2D eigenvalue weighted by atomic mass is 16.3. The highest BCUT2D eigenvalue weighted by molar-refractivity contribution is 6.40. The Labute approximate surface area is 145 Å². The summed E-state index contributed by atoms with van der Waals surface area (Å²) in [5, 5.41) is 13.1. The van der Waals surface area contributed by atoms with Gasteiger partial charge in [-0.3, -0.25) is 9.59 Å². The Bertz CT molecular complexity index is 900. The molecule has 0 fully saturated rings. The summed E-state index contributed by atoms with van der Waals surface area (Å²) in [5.41, 5.74) is 2.68. The van der Waals surface area contributed by atoms with Gasteiger partial charge < -0.3 is 20.3 Å². The van der Waals surface area contributed by atoms with Crippen LogP contribution in [0.2, 0.25) is 0 Å². The third kappa shape index (κ3) is 3.63. The van der Waals surface area contributed by atoms with E-state index < -0.39 is 11.8 Å². The van der Waals surface area contributed by atoms with Gasteiger partial charge in [0.2, 0.25) is 0 Å². The second-order valence-corrected chi connectivity index (χ2v) is 5.75. The first-order valence-electron chi connectivity index (χ1n) is 7.96. The van der Waals surface area contributed by atoms with Gasteiger partial charge in [0.15, 0.2) is 0 Å². The fraction of sp³-hybridized carbons (Fsp3) is 0.158. The van der Waals surface area contributed by atoms with E-state index in [2.05, 4.69) is 10.3 Å². The number of rotatable bonds is 4. The van der Waals surface area contributed by atoms with Gasteiger partial charge in [0.1, 0.15) is 5.75 Å². The summed E-state index contributed by atoms with van der Waals surface area (Å²) in [5.74, 6) is -1.20. The first kappa shape index (κ1) is 16.6. The minimum atomic E-state index is -0.657. The van der Waals surface area contributed by atoms with E-state index in [4.69, 9.17) is 0 Å². The van der Waals surface area contributed by atoms with E-state index in [1.807, 2.05) is 30.5 Å². The molecule has 0 aliphatic carbocycles. The number of amides is 2. The molecule has 1 heterocycles. The quantitative estimate of drug-likeness (QED) is 0.638. The maximum Gasteiger partial charge on any atom is 0.316 e. The van der Waals surface area contributed by atoms with Gasteiger partial charge in [0.05, 0.1) is 0 Å². The number of aromatic hydroxyl groups is 1. The van der Waals surface area contributed by atoms with Crippen LogP contribution in [-0.2, 0) is 16.0 Å². The normalized spacial score (nSPS) is 10.6. The van der Waals surface area contributed by atoms with E-state index in [1.54, 1.807) is 12.1 Å². The van der Waals surface area contributed by atoms with Gasteiger partial charge in [-0.25, -0.2) is 0 Å². The molecule has 0 bridgehead atoms. The van der Waals surface area contributed by atoms with Crippen molar-refractivity contribution in [2.75, 3.05) is 18.5 Å². The Kier molecular flexibility index (Phi) is 4.70. The van der Waals surface area contributed by atoms with E-state index >= 15 is 0 Å². The predicted octanol–water partition coefficient (Wildman–Crippen LogP) is 2.20. The minimum absolute atomic E-state index is 0.104. The van der Waals surface area contributed by atoms with E-state index in [0.29, 0.717) is 18.7 Å². The molecule has 3 N–H and O–H groups in total. The lowest BCUT2D eigenvalue weighted by Gasteiger charge is -2.16. The number of nitrogens with one attached hydrogen (secondary N) is 2. The summed E-state index contributed by atoms with van der Waals surface area (Å²) < 4.78 is 0. The topological polar surface area (TPSA) is 85.4 Å². The third-order valence-corrected chi connectivity index (χ3v) is 4.09. The Morgan fingerprint density at radius 2 is 1.84 bits per heavy atom. The largest absolute Gasteiger partial charge is 0.508 e. The van der Waals surface area contributed by atoms with Crippen LogP contribution in [-0.4, -0.2) is 35.5 Å². The standard InChI is InChI=1S/C19H19N3O3/c1-22(14-6-8-15(23)9-7-14)19(25)18(24)20-11-10-13-12-21-17-5-3-2-4-16(13)17/h2-9,12,21,23H,10-11H2,1H3,(H,20,24). The molecule has 2 amide bonds. The summed E-state index contributed by atoms with van der Waals surface area (Å²) in [4.78, 5) is 28.7. The van der Waals surface area contributed by atoms with E-state index in [-0.39, 0.29) is 5.75 Å². The minimum Gasteiger partial charge on any atom is -0.508 e. The van der Waals surface area contributed by atoms with Crippen molar-refractivity contribution in [1.29, 1.82) is 0 Å². The number of para-hydroxylation sites is 1. The molecule has 0 radical (unpaired) electrons. The summed E-state index contributed by atoms with van der Waals surface area (Å²) in [6.07, 6.45) is 2.55. The maximum absolute atomic E-state index is 12.2. The number of phenolic OH excluding ortho intramolecular Hbond substituents is 1. The van der Waals surface area contributed by atoms with E-state index in [9.17, 15) is 14.7 Å². The molecule has 25 heavy (non-hydrogen) atoms. The van der Waals surface area contributed by atoms with E-state index in [0.717, 1.165) is 16.5 Å². The fourth-order valence-corrected chi connectivity index (χ4v) is 2.67. The van der Waals surface area contributed by atoms with Gasteiger partial charge in [0.25, 0.3) is 0 Å². The molecule has 0 atom stereocenters. The molecule has 0 spiro atoms. The van der Waals surface area contributed by atoms with Crippen molar-refractivity contribution in [2.45, 2.75) is 6.42 Å². The Balaban J connectivity index is 1.56. The van der Waals surface area contributed by atoms with Crippen molar-refractivity contribution in [1.82, 2.24) is 10.3 Å². The SMILES string of the molecule is CN(C(=O)C(=O)NCCc1c[nH]c2ccccc12)c1ccc(O)cc1. The second kappa shape index (κ2) is 7.09. The molecule has 2 aromatic carbocycles. The summed E-state index contributed by atoms with van der Waals surface area (Å²) in [6.45, 7) is 0.371. The number of anilines is 1. The molecular formula is C19H19N3O3. The number of hydrogen-bond acceptors (Lipinski definition) is 3. The smallest absolute Gasteiger partial charge is 0.316 e. The number of H-pyrrole nitrogens is 1. The Hall–Kier alpha value is -3.28. The lowest BCUT2D eigenvalue weighted by atomic mass is 10.1. The molecule has 0 saturated carbocycles. The van der Waals surface area contributed by atoms with Crippen LogP contribution in [0.15, 0.2) is 54.7 Å². The number of phenols is 1. The highest BCUT2D eigenvalue weighted by Crippen LogP contribution is 2.18. The zero-order valence-corrected chi connectivity index (χ0v) is 13.8. The summed E-state index contributed by atoms with van der Waals surface area (Å²) in [6, 6.07) is 14.0. The molecule has 0 saturated heterocycles. The van der Waals surface area contributed by atoms with Crippen LogP contribution in [0, 0.1) is 0 Å². The number of carbonyl (C=O) groups excluding carboxylic acids is 2. The molecule has 6 nitrogen and oxygen atoms in total. The zero-order valence-electron chi connectivity index (χ0n) is 13.8. The second-order valence-electron chi connectivity index (χ2n) is 5.75. The molecule has 6 heteroatoms. The summed E-state index contributed by atoms with van der Waals surface area (Å²) in [7, 11) is 1.52. The number of hydrogen-bond donors (Lipinski definition) is 3. The first-order chi connectivity index (χ1) is 12.1. The van der Waals surface area contributed by atoms with Gasteiger partial charge in [-0.05, 0) is 42.3 Å². The number of aromatic amines is 1. The number of benzene rings is 2. The van der Waals surface area contributed by atoms with Gasteiger partial charge in [0, 0.05) is 36.4 Å². The van der Waals surface area contributed by atoms with Gasteiger partial charge in [-0.2, -0.15) is 0 Å². The first-order valence-corrected chi connectivity index (χ1v) is 7.96. The average molecular weight is 337 g/mol. The number of likely N-dealkylation sites (N-methyl/N-ethyl adjacent to an activating group) is 1. The molecule has 0 unspecified atom stereocenters. The van der Waals surface area contributed by atoms with Crippen molar-refractivity contribution in [2.24, 2.45) is 0 Å². The lowest BCUT2D eigenvalue weighted by Crippen LogP contribution is -2.41. The van der Waals surface area contributed by atoms with Crippen molar-refractivity contribution < 1.29 is 14.7 Å². The number of fused-ring (bicyclic) bond motifs is 1. The Morgan fingerprint density at radius 3 is 2.60 bits per heavy atom. The molecule has 1 aromatic heterocycles. The number of carbonyl (C=O) groups is 2. The fourth-order valence-electron chi connectivity index (χ4n) is 2.67. The van der Waals surface area contributed by atoms with Crippen molar-refractivity contribution >= 4 is 28.4 Å². The summed E-state index contributed by atoms with van der Waals surface area (Å²) >= 11 is 0. The van der Waals surface area contributed by atoms with E-state index in [1.165, 1.54) is 24.1 Å². The molecule has 0 aliphatic heterocycles. The highest BCUT2D eigenvalue weighted by Gasteiger charge is 2.19. The maximum atomic E-state index is 12.2. The third-order valence-electron chi connectivity index (χ3n) is 4.09. The predicted molar refractivity (Wildman–Crippen MR) is 96.5 cm³/mol. The van der Waals surface area contributed by atoms with Crippen LogP contribution in [0.5, 0.6) is 5.75 Å². The Morgan fingerprint density at radius 1 is 1.12 bits per heavy atom. The van der Waals surface area contributed by atoms with Crippen LogP contribution in [0.3, 0.4) is 0 Å². The van der Waals surface area contributed by atoms with Gasteiger partial charge >= 0.3 is 11.8 Å². The van der Waals surface area contributed by atoms with Crippen molar-refractivity contribution in [3.05, 3.63) is 60.3 Å². The molecule has 0 aliphatic rings. The van der Waals surface area contributed by atoms with Gasteiger partial charge in [-0.1, -0.05) is 18.2 Å². The van der Waals surface area contributed by atoms with Crippen LogP contribution >= 0.6 is 0 Å². The van der Waals surface area contributed by atoms with Crippen LogP contribution in [0.4, 0.5) is 5.69 Å². The lowest BCUT2D eigenvalue weighted by molar-refractivity contribution is -0.137. The molecule has 128 valence electrons. The number of aromatic nitrogens is 1. The number of nitrogens with zero attached hydrogens (tertiary/aromatic N) is 1. The molecule has 3 rings (SSSR count). The molecular weight excluding hydrogens is 318 g/mol.